The Balaban J connectivity index is 2.13. The van der Waals surface area contributed by atoms with Gasteiger partial charge in [0.2, 0.25) is 0 Å². The number of hydrogen-bond acceptors (Lipinski definition) is 2. The molecular formula is C15H21NO2. The maximum atomic E-state index is 12.4. The molecule has 1 aliphatic rings. The summed E-state index contributed by atoms with van der Waals surface area (Å²) in [6, 6.07) is 7.43. The van der Waals surface area contributed by atoms with Gasteiger partial charge in [-0.2, -0.15) is 0 Å². The summed E-state index contributed by atoms with van der Waals surface area (Å²) >= 11 is 0. The van der Waals surface area contributed by atoms with E-state index in [4.69, 9.17) is 4.74 Å². The summed E-state index contributed by atoms with van der Waals surface area (Å²) < 4.78 is 5.25. The van der Waals surface area contributed by atoms with E-state index >= 15 is 0 Å². The van der Waals surface area contributed by atoms with E-state index in [1.165, 1.54) is 0 Å². The van der Waals surface area contributed by atoms with Crippen LogP contribution < -0.4 is 4.74 Å². The molecule has 1 saturated heterocycles. The van der Waals surface area contributed by atoms with Gasteiger partial charge in [0.15, 0.2) is 0 Å². The van der Waals surface area contributed by atoms with Gasteiger partial charge in [0.25, 0.3) is 5.91 Å². The zero-order valence-corrected chi connectivity index (χ0v) is 11.4. The predicted molar refractivity (Wildman–Crippen MR) is 71.9 cm³/mol. The van der Waals surface area contributed by atoms with E-state index in [1.807, 2.05) is 29.2 Å². The highest BCUT2D eigenvalue weighted by Gasteiger charge is 2.29. The van der Waals surface area contributed by atoms with Gasteiger partial charge < -0.3 is 9.64 Å². The van der Waals surface area contributed by atoms with Gasteiger partial charge in [0, 0.05) is 13.1 Å². The lowest BCUT2D eigenvalue weighted by Gasteiger charge is -2.37. The van der Waals surface area contributed by atoms with Crippen molar-refractivity contribution in [2.24, 2.45) is 5.41 Å². The van der Waals surface area contributed by atoms with Crippen molar-refractivity contribution in [3.8, 4) is 5.75 Å². The zero-order chi connectivity index (χ0) is 13.2. The zero-order valence-electron chi connectivity index (χ0n) is 11.4. The van der Waals surface area contributed by atoms with Crippen LogP contribution in [0.3, 0.4) is 0 Å². The molecule has 98 valence electrons. The van der Waals surface area contributed by atoms with Gasteiger partial charge in [-0.25, -0.2) is 0 Å². The minimum absolute atomic E-state index is 0.0861. The maximum Gasteiger partial charge on any atom is 0.257 e. The number of rotatable bonds is 2. The number of hydrogen-bond donors (Lipinski definition) is 0. The van der Waals surface area contributed by atoms with Gasteiger partial charge in [0.05, 0.1) is 12.7 Å². The van der Waals surface area contributed by atoms with Crippen LogP contribution in [0.4, 0.5) is 0 Å². The average molecular weight is 247 g/mol. The van der Waals surface area contributed by atoms with Crippen molar-refractivity contribution in [2.75, 3.05) is 20.2 Å². The first-order valence-corrected chi connectivity index (χ1v) is 6.46. The molecule has 1 aromatic carbocycles. The predicted octanol–water partition coefficient (Wildman–Crippen LogP) is 2.96. The fourth-order valence-corrected chi connectivity index (χ4v) is 2.31. The van der Waals surface area contributed by atoms with Crippen molar-refractivity contribution in [3.63, 3.8) is 0 Å². The number of nitrogens with zero attached hydrogens (tertiary/aromatic N) is 1. The molecule has 0 saturated carbocycles. The minimum atomic E-state index is 0.0861. The summed E-state index contributed by atoms with van der Waals surface area (Å²) in [7, 11) is 1.60. The number of ether oxygens (including phenoxy) is 1. The van der Waals surface area contributed by atoms with Crippen molar-refractivity contribution < 1.29 is 9.53 Å². The number of carbonyl (C=O) groups excluding carboxylic acids is 1. The number of methoxy groups -OCH3 is 1. The molecule has 0 unspecified atom stereocenters. The van der Waals surface area contributed by atoms with E-state index in [0.29, 0.717) is 16.7 Å². The molecule has 0 aliphatic carbocycles. The molecule has 0 aromatic heterocycles. The van der Waals surface area contributed by atoms with Crippen LogP contribution in [-0.2, 0) is 0 Å². The van der Waals surface area contributed by atoms with Crippen molar-refractivity contribution in [1.29, 1.82) is 0 Å². The minimum Gasteiger partial charge on any atom is -0.496 e. The fourth-order valence-electron chi connectivity index (χ4n) is 2.31. The van der Waals surface area contributed by atoms with Crippen molar-refractivity contribution in [1.82, 2.24) is 4.90 Å². The van der Waals surface area contributed by atoms with E-state index in [9.17, 15) is 4.79 Å². The second-order valence-electron chi connectivity index (χ2n) is 5.66. The molecule has 0 spiro atoms. The summed E-state index contributed by atoms with van der Waals surface area (Å²) in [5.41, 5.74) is 1.03. The summed E-state index contributed by atoms with van der Waals surface area (Å²) in [6.45, 7) is 6.20. The number of benzene rings is 1. The van der Waals surface area contributed by atoms with E-state index in [0.717, 1.165) is 25.9 Å². The number of carbonyl (C=O) groups is 1. The third-order valence-electron chi connectivity index (χ3n) is 3.74. The highest BCUT2D eigenvalue weighted by Crippen LogP contribution is 2.31. The van der Waals surface area contributed by atoms with E-state index in [2.05, 4.69) is 13.8 Å². The summed E-state index contributed by atoms with van der Waals surface area (Å²) in [5.74, 6) is 0.746. The fraction of sp³-hybridized carbons (Fsp3) is 0.533. The molecule has 1 amide bonds. The van der Waals surface area contributed by atoms with E-state index in [-0.39, 0.29) is 5.91 Å². The Kier molecular flexibility index (Phi) is 3.60. The van der Waals surface area contributed by atoms with Crippen molar-refractivity contribution in [3.05, 3.63) is 29.8 Å². The Morgan fingerprint density at radius 2 is 1.83 bits per heavy atom. The number of piperidine rings is 1. The molecule has 0 radical (unpaired) electrons. The van der Waals surface area contributed by atoms with Crippen LogP contribution in [0.1, 0.15) is 37.0 Å². The smallest absolute Gasteiger partial charge is 0.257 e. The molecule has 1 heterocycles. The molecule has 0 atom stereocenters. The lowest BCUT2D eigenvalue weighted by Crippen LogP contribution is -2.41. The average Bonchev–Trinajstić information content (AvgIpc) is 2.38. The largest absolute Gasteiger partial charge is 0.496 e. The van der Waals surface area contributed by atoms with Crippen LogP contribution >= 0.6 is 0 Å². The molecule has 1 fully saturated rings. The molecule has 0 N–H and O–H groups in total. The first-order valence-electron chi connectivity index (χ1n) is 6.46. The van der Waals surface area contributed by atoms with Gasteiger partial charge in [-0.15, -0.1) is 0 Å². The maximum absolute atomic E-state index is 12.4. The third kappa shape index (κ3) is 2.66. The number of para-hydroxylation sites is 1. The summed E-state index contributed by atoms with van der Waals surface area (Å²) in [4.78, 5) is 14.4. The summed E-state index contributed by atoms with van der Waals surface area (Å²) in [5, 5.41) is 0. The van der Waals surface area contributed by atoms with Crippen LogP contribution in [0.2, 0.25) is 0 Å². The molecule has 3 heteroatoms. The molecule has 18 heavy (non-hydrogen) atoms. The molecule has 1 aliphatic heterocycles. The molecule has 1 aromatic rings. The standard InChI is InChI=1S/C15H21NO2/c1-15(2)8-10-16(11-9-15)14(17)12-6-4-5-7-13(12)18-3/h4-7H,8-11H2,1-3H3. The van der Waals surface area contributed by atoms with Crippen LogP contribution in [0, 0.1) is 5.41 Å². The van der Waals surface area contributed by atoms with Gasteiger partial charge >= 0.3 is 0 Å². The van der Waals surface area contributed by atoms with Crippen molar-refractivity contribution >= 4 is 5.91 Å². The quantitative estimate of drug-likeness (QED) is 0.804. The van der Waals surface area contributed by atoms with Crippen LogP contribution in [0.5, 0.6) is 5.75 Å². The van der Waals surface area contributed by atoms with Gasteiger partial charge in [-0.1, -0.05) is 26.0 Å². The SMILES string of the molecule is COc1ccccc1C(=O)N1CCC(C)(C)CC1. The van der Waals surface area contributed by atoms with E-state index < -0.39 is 0 Å². The number of likely N-dealkylation sites (tertiary alicyclic amines) is 1. The van der Waals surface area contributed by atoms with E-state index in [1.54, 1.807) is 7.11 Å². The lowest BCUT2D eigenvalue weighted by atomic mass is 9.82. The highest BCUT2D eigenvalue weighted by atomic mass is 16.5. The Hall–Kier alpha value is -1.51. The second kappa shape index (κ2) is 5.01. The first-order chi connectivity index (χ1) is 8.53. The van der Waals surface area contributed by atoms with Gasteiger partial charge in [0.1, 0.15) is 5.75 Å². The second-order valence-corrected chi connectivity index (χ2v) is 5.66. The van der Waals surface area contributed by atoms with Crippen LogP contribution in [0.25, 0.3) is 0 Å². The lowest BCUT2D eigenvalue weighted by molar-refractivity contribution is 0.0627. The van der Waals surface area contributed by atoms with Crippen molar-refractivity contribution in [2.45, 2.75) is 26.7 Å². The number of amides is 1. The Labute approximate surface area is 109 Å². The molecular weight excluding hydrogens is 226 g/mol. The highest BCUT2D eigenvalue weighted by molar-refractivity contribution is 5.97. The normalized spacial score (nSPS) is 18.5. The summed E-state index contributed by atoms with van der Waals surface area (Å²) in [6.07, 6.45) is 2.13. The topological polar surface area (TPSA) is 29.5 Å². The molecule has 2 rings (SSSR count). The molecule has 0 bridgehead atoms. The van der Waals surface area contributed by atoms with Gasteiger partial charge in [-0.3, -0.25) is 4.79 Å². The third-order valence-corrected chi connectivity index (χ3v) is 3.74. The first kappa shape index (κ1) is 12.9. The van der Waals surface area contributed by atoms with Crippen LogP contribution in [0.15, 0.2) is 24.3 Å². The monoisotopic (exact) mass is 247 g/mol. The van der Waals surface area contributed by atoms with Crippen LogP contribution in [-0.4, -0.2) is 31.0 Å². The molecule has 3 nitrogen and oxygen atoms in total. The Morgan fingerprint density at radius 3 is 2.44 bits per heavy atom. The van der Waals surface area contributed by atoms with Gasteiger partial charge in [-0.05, 0) is 30.4 Å². The Morgan fingerprint density at radius 1 is 1.22 bits per heavy atom. The Bertz CT molecular complexity index is 430.